The number of sulfone groups is 1. The van der Waals surface area contributed by atoms with E-state index in [-0.39, 0.29) is 57.5 Å². The van der Waals surface area contributed by atoms with Gasteiger partial charge in [0.25, 0.3) is 11.8 Å². The maximum atomic E-state index is 13.5. The standard InChI is InChI=1S/C25H23Cl2N5O6S/c26-15-5-3-6-16(27)19(15)24(35)31-10-4-7-17(31)22-29-23(34)21(33)20-25(36)30(11-12-32(20)22)13-14-39(37,38)18-8-1-2-9-28-18/h1-3,5-6,8-9,17,33H,4,7,10-14H2. The molecule has 0 saturated carbocycles. The Morgan fingerprint density at radius 2 is 1.79 bits per heavy atom. The highest BCUT2D eigenvalue weighted by atomic mass is 35.5. The van der Waals surface area contributed by atoms with Crippen LogP contribution in [-0.4, -0.2) is 75.1 Å². The molecule has 39 heavy (non-hydrogen) atoms. The highest BCUT2D eigenvalue weighted by Crippen LogP contribution is 2.36. The number of rotatable bonds is 6. The van der Waals surface area contributed by atoms with E-state index in [1.807, 2.05) is 0 Å². The lowest BCUT2D eigenvalue weighted by molar-refractivity contribution is 0.0689. The van der Waals surface area contributed by atoms with Crippen LogP contribution in [0.4, 0.5) is 0 Å². The van der Waals surface area contributed by atoms with Gasteiger partial charge in [-0.1, -0.05) is 35.3 Å². The summed E-state index contributed by atoms with van der Waals surface area (Å²) < 4.78 is 26.8. The second-order valence-corrected chi connectivity index (χ2v) is 12.0. The van der Waals surface area contributed by atoms with Crippen molar-refractivity contribution in [3.05, 3.63) is 80.1 Å². The van der Waals surface area contributed by atoms with Crippen molar-refractivity contribution >= 4 is 44.9 Å². The van der Waals surface area contributed by atoms with Gasteiger partial charge in [-0.3, -0.25) is 14.4 Å². The quantitative estimate of drug-likeness (QED) is 0.460. The number of pyridine rings is 1. The first-order valence-corrected chi connectivity index (χ1v) is 14.5. The molecule has 204 valence electrons. The monoisotopic (exact) mass is 591 g/mol. The van der Waals surface area contributed by atoms with E-state index in [0.717, 1.165) is 0 Å². The third-order valence-electron chi connectivity index (χ3n) is 6.85. The molecule has 14 heteroatoms. The second kappa shape index (κ2) is 10.6. The normalized spacial score (nSPS) is 17.4. The van der Waals surface area contributed by atoms with E-state index >= 15 is 0 Å². The zero-order valence-corrected chi connectivity index (χ0v) is 22.8. The number of amides is 2. The molecule has 1 fully saturated rings. The lowest BCUT2D eigenvalue weighted by Gasteiger charge is -2.34. The van der Waals surface area contributed by atoms with Crippen molar-refractivity contribution in [1.29, 1.82) is 0 Å². The number of likely N-dealkylation sites (tertiary alicyclic amines) is 1. The van der Waals surface area contributed by atoms with Gasteiger partial charge in [-0.25, -0.2) is 13.4 Å². The van der Waals surface area contributed by atoms with Crippen molar-refractivity contribution in [3.63, 3.8) is 0 Å². The van der Waals surface area contributed by atoms with E-state index in [0.29, 0.717) is 19.4 Å². The van der Waals surface area contributed by atoms with Gasteiger partial charge in [0.15, 0.2) is 20.6 Å². The topological polar surface area (TPSA) is 143 Å². The van der Waals surface area contributed by atoms with Crippen LogP contribution in [0, 0.1) is 0 Å². The van der Waals surface area contributed by atoms with Gasteiger partial charge in [0, 0.05) is 32.4 Å². The third kappa shape index (κ3) is 4.99. The van der Waals surface area contributed by atoms with Crippen molar-refractivity contribution in [2.45, 2.75) is 30.5 Å². The number of fused-ring (bicyclic) bond motifs is 1. The summed E-state index contributed by atoms with van der Waals surface area (Å²) in [5.74, 6) is -2.20. The first-order valence-electron chi connectivity index (χ1n) is 12.1. The van der Waals surface area contributed by atoms with Gasteiger partial charge in [-0.15, -0.1) is 0 Å². The van der Waals surface area contributed by atoms with Crippen molar-refractivity contribution < 1.29 is 23.1 Å². The van der Waals surface area contributed by atoms with Gasteiger partial charge in [-0.2, -0.15) is 4.98 Å². The minimum absolute atomic E-state index is 0.106. The number of aromatic nitrogens is 3. The third-order valence-corrected chi connectivity index (χ3v) is 9.08. The number of nitrogens with zero attached hydrogens (tertiary/aromatic N) is 5. The Bertz CT molecular complexity index is 1610. The molecule has 0 spiro atoms. The highest BCUT2D eigenvalue weighted by molar-refractivity contribution is 7.91. The molecule has 0 bridgehead atoms. The fraction of sp³-hybridized carbons (Fsp3) is 0.320. The summed E-state index contributed by atoms with van der Waals surface area (Å²) in [5, 5.41) is 10.8. The fourth-order valence-electron chi connectivity index (χ4n) is 4.93. The van der Waals surface area contributed by atoms with Gasteiger partial charge >= 0.3 is 5.56 Å². The van der Waals surface area contributed by atoms with Crippen LogP contribution in [-0.2, 0) is 16.4 Å². The molecule has 2 aromatic heterocycles. The predicted octanol–water partition coefficient (Wildman–Crippen LogP) is 2.56. The van der Waals surface area contributed by atoms with Crippen LogP contribution in [0.1, 0.15) is 45.6 Å². The van der Waals surface area contributed by atoms with Gasteiger partial charge < -0.3 is 19.5 Å². The SMILES string of the molecule is O=C1c2c(O)c(=O)nc(C3CCCN3C(=O)c3c(Cl)cccc3Cl)n2CCN1CCS(=O)(=O)c1ccccn1. The molecule has 0 aliphatic carbocycles. The minimum Gasteiger partial charge on any atom is -0.501 e. The zero-order valence-electron chi connectivity index (χ0n) is 20.5. The Kier molecular flexibility index (Phi) is 7.36. The summed E-state index contributed by atoms with van der Waals surface area (Å²) in [6.45, 7) is 0.425. The lowest BCUT2D eigenvalue weighted by Crippen LogP contribution is -2.46. The first-order chi connectivity index (χ1) is 18.6. The van der Waals surface area contributed by atoms with Crippen molar-refractivity contribution in [2.24, 2.45) is 0 Å². The number of benzene rings is 1. The van der Waals surface area contributed by atoms with Gasteiger partial charge in [-0.05, 0) is 37.1 Å². The molecule has 2 aliphatic rings. The Labute approximate surface area is 233 Å². The molecule has 1 unspecified atom stereocenters. The van der Waals surface area contributed by atoms with Crippen LogP contribution in [0.5, 0.6) is 5.75 Å². The second-order valence-electron chi connectivity index (χ2n) is 9.16. The van der Waals surface area contributed by atoms with Crippen LogP contribution in [0.3, 0.4) is 0 Å². The van der Waals surface area contributed by atoms with Crippen LogP contribution in [0.25, 0.3) is 0 Å². The number of halogens is 2. The Morgan fingerprint density at radius 3 is 2.49 bits per heavy atom. The van der Waals surface area contributed by atoms with E-state index < -0.39 is 39.0 Å². The summed E-state index contributed by atoms with van der Waals surface area (Å²) in [6.07, 6.45) is 2.44. The molecule has 0 radical (unpaired) electrons. The maximum Gasteiger partial charge on any atom is 0.315 e. The average Bonchev–Trinajstić information content (AvgIpc) is 3.40. The van der Waals surface area contributed by atoms with Crippen molar-refractivity contribution in [1.82, 2.24) is 24.3 Å². The molecular weight excluding hydrogens is 569 g/mol. The number of carbonyl (C=O) groups is 2. The molecule has 2 amide bonds. The summed E-state index contributed by atoms with van der Waals surface area (Å²) in [5.41, 5.74) is -1.17. The molecule has 5 rings (SSSR count). The summed E-state index contributed by atoms with van der Waals surface area (Å²) >= 11 is 12.5. The number of hydrogen-bond acceptors (Lipinski definition) is 8. The van der Waals surface area contributed by atoms with Crippen molar-refractivity contribution in [3.8, 4) is 5.75 Å². The average molecular weight is 592 g/mol. The van der Waals surface area contributed by atoms with Gasteiger partial charge in [0.2, 0.25) is 5.75 Å². The zero-order chi connectivity index (χ0) is 27.9. The van der Waals surface area contributed by atoms with Crippen LogP contribution in [0.15, 0.2) is 52.4 Å². The van der Waals surface area contributed by atoms with E-state index in [1.54, 1.807) is 30.3 Å². The predicted molar refractivity (Wildman–Crippen MR) is 142 cm³/mol. The molecule has 11 nitrogen and oxygen atoms in total. The van der Waals surface area contributed by atoms with Crippen LogP contribution < -0.4 is 5.56 Å². The molecule has 4 heterocycles. The number of hydrogen-bond donors (Lipinski definition) is 1. The highest BCUT2D eigenvalue weighted by Gasteiger charge is 2.39. The van der Waals surface area contributed by atoms with Crippen molar-refractivity contribution in [2.75, 3.05) is 25.4 Å². The molecule has 2 aliphatic heterocycles. The summed E-state index contributed by atoms with van der Waals surface area (Å²) in [4.78, 5) is 50.2. The van der Waals surface area contributed by atoms with Gasteiger partial charge in [0.05, 0.1) is 27.4 Å². The van der Waals surface area contributed by atoms with Gasteiger partial charge in [0.1, 0.15) is 5.82 Å². The fourth-order valence-corrected chi connectivity index (χ4v) is 6.67. The minimum atomic E-state index is -3.76. The Hall–Kier alpha value is -3.48. The molecule has 1 aromatic carbocycles. The number of carbonyl (C=O) groups excluding carboxylic acids is 2. The van der Waals surface area contributed by atoms with Crippen LogP contribution in [0.2, 0.25) is 10.0 Å². The lowest BCUT2D eigenvalue weighted by atomic mass is 10.1. The first kappa shape index (κ1) is 27.1. The smallest absolute Gasteiger partial charge is 0.315 e. The molecule has 3 aromatic rings. The van der Waals surface area contributed by atoms with E-state index in [4.69, 9.17) is 23.2 Å². The summed E-state index contributed by atoms with van der Waals surface area (Å²) in [7, 11) is -3.76. The molecule has 1 atom stereocenters. The Morgan fingerprint density at radius 1 is 1.05 bits per heavy atom. The largest absolute Gasteiger partial charge is 0.501 e. The molecular formula is C25H23Cl2N5O6S. The maximum absolute atomic E-state index is 13.5. The van der Waals surface area contributed by atoms with Crippen LogP contribution >= 0.6 is 23.2 Å². The summed E-state index contributed by atoms with van der Waals surface area (Å²) in [6, 6.07) is 8.59. The molecule has 1 saturated heterocycles. The van der Waals surface area contributed by atoms with E-state index in [1.165, 1.54) is 26.6 Å². The number of aromatic hydroxyl groups is 1. The Balaban J connectivity index is 1.45. The van der Waals surface area contributed by atoms with E-state index in [9.17, 15) is 27.9 Å². The van der Waals surface area contributed by atoms with E-state index in [2.05, 4.69) is 9.97 Å². The molecule has 1 N–H and O–H groups in total.